The minimum Gasteiger partial charge on any atom is -0.0866 e. The van der Waals surface area contributed by atoms with Crippen LogP contribution in [0.25, 0.3) is 0 Å². The normalized spacial score (nSPS) is 39.6. The Morgan fingerprint density at radius 1 is 0.690 bits per heavy atom. The standard InChI is InChI=1S/C24H30Br4Si/c25-17-1-9-21(10-2-17)29(22-11-3-18(26)4-12-22,23-13-5-19(27)6-14-23)24-15-7-20(28)8-16-24/h1,3,5,7,9-11,13,17-19,22-24H,2,4,6,8,12,14-16H2. The van der Waals surface area contributed by atoms with Crippen LogP contribution in [0.1, 0.15) is 51.4 Å². The van der Waals surface area contributed by atoms with Crippen LogP contribution in [-0.4, -0.2) is 22.6 Å². The highest BCUT2D eigenvalue weighted by atomic mass is 79.9. The predicted molar refractivity (Wildman–Crippen MR) is 145 cm³/mol. The van der Waals surface area contributed by atoms with Gasteiger partial charge in [-0.25, -0.2) is 0 Å². The van der Waals surface area contributed by atoms with Gasteiger partial charge in [-0.1, -0.05) is 118 Å². The predicted octanol–water partition coefficient (Wildman–Crippen LogP) is 9.42. The van der Waals surface area contributed by atoms with Gasteiger partial charge in [0, 0.05) is 14.5 Å². The third-order valence-corrected chi connectivity index (χ3v) is 17.0. The lowest BCUT2D eigenvalue weighted by Gasteiger charge is -2.52. The lowest BCUT2D eigenvalue weighted by atomic mass is 10.1. The maximum Gasteiger partial charge on any atom is 0.103 e. The monoisotopic (exact) mass is 662 g/mol. The molecular formula is C24H30Br4Si. The Balaban J connectivity index is 1.83. The summed E-state index contributed by atoms with van der Waals surface area (Å²) in [6.45, 7) is 0. The fourth-order valence-corrected chi connectivity index (χ4v) is 14.9. The van der Waals surface area contributed by atoms with E-state index in [1.165, 1.54) is 49.4 Å². The maximum atomic E-state index is 3.85. The van der Waals surface area contributed by atoms with Crippen LogP contribution in [0.4, 0.5) is 0 Å². The lowest BCUT2D eigenvalue weighted by Crippen LogP contribution is -2.52. The molecule has 6 atom stereocenters. The second-order valence-corrected chi connectivity index (χ2v) is 18.3. The molecule has 0 bridgehead atoms. The summed E-state index contributed by atoms with van der Waals surface area (Å²) in [7, 11) is -1.84. The third-order valence-electron chi connectivity index (χ3n) is 7.42. The number of hydrogen-bond donors (Lipinski definition) is 0. The van der Waals surface area contributed by atoms with Crippen LogP contribution in [0.2, 0.25) is 16.6 Å². The molecule has 0 aliphatic heterocycles. The van der Waals surface area contributed by atoms with Crippen LogP contribution in [0.3, 0.4) is 0 Å². The SMILES string of the molecule is BrC1=CCC([Si](C2=CCC(Br)C=C2)(C2C=CC(Br)CC2)C2C=CC(Br)CC2)CC1. The topological polar surface area (TPSA) is 0 Å². The zero-order valence-corrected chi connectivity index (χ0v) is 24.1. The summed E-state index contributed by atoms with van der Waals surface area (Å²) in [4.78, 5) is 1.62. The van der Waals surface area contributed by atoms with Crippen molar-refractivity contribution in [3.63, 3.8) is 0 Å². The Kier molecular flexibility index (Phi) is 8.08. The minimum absolute atomic E-state index is 0.501. The van der Waals surface area contributed by atoms with E-state index in [1.807, 2.05) is 0 Å². The summed E-state index contributed by atoms with van der Waals surface area (Å²) in [6, 6.07) is 0. The molecule has 0 nitrogen and oxygen atoms in total. The van der Waals surface area contributed by atoms with Crippen molar-refractivity contribution in [3.8, 4) is 0 Å². The smallest absolute Gasteiger partial charge is 0.0866 e. The van der Waals surface area contributed by atoms with Crippen LogP contribution in [-0.2, 0) is 0 Å². The molecule has 0 aromatic rings. The molecule has 0 amide bonds. The molecule has 0 N–H and O–H groups in total. The molecule has 4 rings (SSSR count). The van der Waals surface area contributed by atoms with Gasteiger partial charge in [0.1, 0.15) is 8.07 Å². The Bertz CT molecular complexity index is 722. The summed E-state index contributed by atoms with van der Waals surface area (Å²) < 4.78 is 1.42. The number of rotatable bonds is 4. The Morgan fingerprint density at radius 2 is 1.34 bits per heavy atom. The van der Waals surface area contributed by atoms with Crippen molar-refractivity contribution in [1.82, 2.24) is 0 Å². The van der Waals surface area contributed by atoms with Crippen molar-refractivity contribution >= 4 is 71.8 Å². The number of allylic oxidation sites excluding steroid dienone is 10. The van der Waals surface area contributed by atoms with Crippen LogP contribution in [0.15, 0.2) is 58.3 Å². The van der Waals surface area contributed by atoms with E-state index in [4.69, 9.17) is 0 Å². The Hall–Kier alpha value is 0.837. The van der Waals surface area contributed by atoms with Gasteiger partial charge in [0.25, 0.3) is 0 Å². The zero-order valence-electron chi connectivity index (χ0n) is 16.8. The van der Waals surface area contributed by atoms with Gasteiger partial charge in [-0.2, -0.15) is 0 Å². The number of alkyl halides is 3. The highest BCUT2D eigenvalue weighted by Gasteiger charge is 2.53. The molecule has 0 aromatic carbocycles. The van der Waals surface area contributed by atoms with Gasteiger partial charge in [0.2, 0.25) is 0 Å². The summed E-state index contributed by atoms with van der Waals surface area (Å²) in [5.41, 5.74) is 2.32. The van der Waals surface area contributed by atoms with Crippen molar-refractivity contribution in [3.05, 3.63) is 58.3 Å². The molecule has 0 spiro atoms. The van der Waals surface area contributed by atoms with Crippen molar-refractivity contribution in [1.29, 1.82) is 0 Å². The highest BCUT2D eigenvalue weighted by molar-refractivity contribution is 9.11. The molecule has 6 unspecified atom stereocenters. The van der Waals surface area contributed by atoms with E-state index < -0.39 is 8.07 Å². The summed E-state index contributed by atoms with van der Waals surface area (Å²) in [6.07, 6.45) is 30.4. The van der Waals surface area contributed by atoms with Crippen LogP contribution < -0.4 is 0 Å². The van der Waals surface area contributed by atoms with E-state index in [0.29, 0.717) is 14.5 Å². The molecule has 4 aliphatic carbocycles. The zero-order chi connectivity index (χ0) is 20.4. The molecule has 4 aliphatic rings. The quantitative estimate of drug-likeness (QED) is 0.159. The third kappa shape index (κ3) is 4.94. The first-order valence-corrected chi connectivity index (χ1v) is 16.8. The van der Waals surface area contributed by atoms with Gasteiger partial charge in [-0.3, -0.25) is 0 Å². The fraction of sp³-hybridized carbons (Fsp3) is 0.583. The van der Waals surface area contributed by atoms with Gasteiger partial charge >= 0.3 is 0 Å². The molecule has 0 saturated carbocycles. The minimum atomic E-state index is -1.84. The Morgan fingerprint density at radius 3 is 1.79 bits per heavy atom. The largest absolute Gasteiger partial charge is 0.103 e. The van der Waals surface area contributed by atoms with E-state index in [-0.39, 0.29) is 0 Å². The van der Waals surface area contributed by atoms with Gasteiger partial charge in [-0.05, 0) is 72.5 Å². The summed E-state index contributed by atoms with van der Waals surface area (Å²) in [5.74, 6) is 0. The van der Waals surface area contributed by atoms with Crippen molar-refractivity contribution in [2.75, 3.05) is 0 Å². The van der Waals surface area contributed by atoms with Crippen molar-refractivity contribution in [2.24, 2.45) is 0 Å². The molecule has 158 valence electrons. The van der Waals surface area contributed by atoms with Gasteiger partial charge in [-0.15, -0.1) is 0 Å². The fourth-order valence-electron chi connectivity index (χ4n) is 6.06. The van der Waals surface area contributed by atoms with Crippen molar-refractivity contribution in [2.45, 2.75) is 82.5 Å². The number of halogens is 4. The average molecular weight is 666 g/mol. The molecule has 0 aromatic heterocycles. The van der Waals surface area contributed by atoms with Gasteiger partial charge < -0.3 is 0 Å². The second kappa shape index (κ2) is 10.2. The molecule has 0 fully saturated rings. The lowest BCUT2D eigenvalue weighted by molar-refractivity contribution is 0.617. The molecule has 5 heteroatoms. The summed E-state index contributed by atoms with van der Waals surface area (Å²) in [5, 5.41) is 1.75. The van der Waals surface area contributed by atoms with Gasteiger partial charge in [0.15, 0.2) is 0 Å². The summed E-state index contributed by atoms with van der Waals surface area (Å²) >= 11 is 15.3. The molecular weight excluding hydrogens is 636 g/mol. The first-order valence-electron chi connectivity index (χ1n) is 11.0. The van der Waals surface area contributed by atoms with Crippen LogP contribution in [0.5, 0.6) is 0 Å². The average Bonchev–Trinajstić information content (AvgIpc) is 2.73. The van der Waals surface area contributed by atoms with E-state index in [1.54, 1.807) is 5.20 Å². The van der Waals surface area contributed by atoms with E-state index >= 15 is 0 Å². The van der Waals surface area contributed by atoms with E-state index in [0.717, 1.165) is 23.0 Å². The second-order valence-electron chi connectivity index (χ2n) is 9.00. The van der Waals surface area contributed by atoms with Crippen LogP contribution >= 0.6 is 63.7 Å². The van der Waals surface area contributed by atoms with Crippen molar-refractivity contribution < 1.29 is 0 Å². The molecule has 29 heavy (non-hydrogen) atoms. The first-order chi connectivity index (χ1) is 14.0. The maximum absolute atomic E-state index is 3.85. The molecule has 0 radical (unpaired) electrons. The van der Waals surface area contributed by atoms with Gasteiger partial charge in [0.05, 0.1) is 0 Å². The number of hydrogen-bond acceptors (Lipinski definition) is 0. The molecule has 0 heterocycles. The van der Waals surface area contributed by atoms with E-state index in [2.05, 4.69) is 112 Å². The highest BCUT2D eigenvalue weighted by Crippen LogP contribution is 2.58. The molecule has 0 saturated heterocycles. The van der Waals surface area contributed by atoms with E-state index in [9.17, 15) is 0 Å². The Labute approximate surface area is 211 Å². The first kappa shape index (κ1) is 23.0. The van der Waals surface area contributed by atoms with Crippen LogP contribution in [0, 0.1) is 0 Å².